The molecule has 2 aromatic carbocycles. The van der Waals surface area contributed by atoms with Gasteiger partial charge in [-0.05, 0) is 37.0 Å². The van der Waals surface area contributed by atoms with Crippen LogP contribution in [0.5, 0.6) is 0 Å². The van der Waals surface area contributed by atoms with E-state index in [1.165, 1.54) is 5.56 Å². The predicted molar refractivity (Wildman–Crippen MR) is 89.8 cm³/mol. The lowest BCUT2D eigenvalue weighted by Crippen LogP contribution is -2.30. The maximum Gasteiger partial charge on any atom is 0.226 e. The highest BCUT2D eigenvalue weighted by Gasteiger charge is 2.34. The Labute approximate surface area is 136 Å². The topological polar surface area (TPSA) is 20.3 Å². The molecular weight excluding hydrogens is 294 g/mol. The number of amides is 1. The van der Waals surface area contributed by atoms with Gasteiger partial charge < -0.3 is 4.90 Å². The molecule has 114 valence electrons. The van der Waals surface area contributed by atoms with Crippen molar-refractivity contribution in [3.8, 4) is 0 Å². The highest BCUT2D eigenvalue weighted by molar-refractivity contribution is 6.31. The summed E-state index contributed by atoms with van der Waals surface area (Å²) in [5.41, 5.74) is 2.26. The molecule has 3 rings (SSSR count). The molecule has 2 nitrogen and oxygen atoms in total. The molecule has 1 amide bonds. The van der Waals surface area contributed by atoms with Crippen molar-refractivity contribution in [2.45, 2.75) is 25.8 Å². The van der Waals surface area contributed by atoms with Crippen LogP contribution in [-0.4, -0.2) is 17.4 Å². The van der Waals surface area contributed by atoms with Crippen LogP contribution in [0.15, 0.2) is 54.6 Å². The minimum atomic E-state index is 0.0473. The van der Waals surface area contributed by atoms with Crippen LogP contribution in [-0.2, 0) is 11.2 Å². The molecule has 0 saturated carbocycles. The number of nitrogens with zero attached hydrogens (tertiary/aromatic N) is 1. The molecule has 0 unspecified atom stereocenters. The van der Waals surface area contributed by atoms with E-state index in [-0.39, 0.29) is 17.9 Å². The van der Waals surface area contributed by atoms with Crippen molar-refractivity contribution in [1.82, 2.24) is 4.90 Å². The first kappa shape index (κ1) is 15.1. The number of carbonyl (C=O) groups is 1. The van der Waals surface area contributed by atoms with Gasteiger partial charge in [-0.1, -0.05) is 60.1 Å². The van der Waals surface area contributed by atoms with Crippen molar-refractivity contribution in [1.29, 1.82) is 0 Å². The average Bonchev–Trinajstić information content (AvgIpc) is 2.91. The molecule has 2 atom stereocenters. The van der Waals surface area contributed by atoms with Crippen LogP contribution in [0.2, 0.25) is 5.02 Å². The van der Waals surface area contributed by atoms with Gasteiger partial charge in [0.25, 0.3) is 0 Å². The van der Waals surface area contributed by atoms with E-state index in [9.17, 15) is 4.79 Å². The van der Waals surface area contributed by atoms with Gasteiger partial charge in [-0.3, -0.25) is 4.79 Å². The monoisotopic (exact) mass is 313 g/mol. The van der Waals surface area contributed by atoms with Crippen molar-refractivity contribution in [2.24, 2.45) is 5.92 Å². The molecule has 1 saturated heterocycles. The van der Waals surface area contributed by atoms with E-state index in [1.54, 1.807) is 0 Å². The zero-order valence-electron chi connectivity index (χ0n) is 12.7. The Morgan fingerprint density at radius 1 is 1.14 bits per heavy atom. The minimum Gasteiger partial charge on any atom is -0.336 e. The Kier molecular flexibility index (Phi) is 4.49. The first-order valence-corrected chi connectivity index (χ1v) is 8.13. The van der Waals surface area contributed by atoms with E-state index in [2.05, 4.69) is 19.1 Å². The third-order valence-electron chi connectivity index (χ3n) is 4.52. The zero-order valence-corrected chi connectivity index (χ0v) is 13.5. The summed E-state index contributed by atoms with van der Waals surface area (Å²) in [6, 6.07) is 18.1. The standard InChI is InChI=1S/C19H20ClNO/c1-14(15-7-3-2-4-8-15)21-12-11-17(19(21)22)13-16-9-5-6-10-18(16)20/h2-10,14,17H,11-13H2,1H3/t14-,17-/m0/s1. The summed E-state index contributed by atoms with van der Waals surface area (Å²) in [6.45, 7) is 2.93. The smallest absolute Gasteiger partial charge is 0.226 e. The Morgan fingerprint density at radius 2 is 1.82 bits per heavy atom. The van der Waals surface area contributed by atoms with Crippen LogP contribution in [0.4, 0.5) is 0 Å². The van der Waals surface area contributed by atoms with E-state index in [4.69, 9.17) is 11.6 Å². The molecule has 1 heterocycles. The molecule has 1 fully saturated rings. The van der Waals surface area contributed by atoms with Crippen molar-refractivity contribution in [2.75, 3.05) is 6.54 Å². The molecule has 0 aromatic heterocycles. The molecule has 22 heavy (non-hydrogen) atoms. The number of carbonyl (C=O) groups excluding carboxylic acids is 1. The molecule has 1 aliphatic rings. The summed E-state index contributed by atoms with van der Waals surface area (Å²) in [7, 11) is 0. The van der Waals surface area contributed by atoms with Crippen molar-refractivity contribution < 1.29 is 4.79 Å². The van der Waals surface area contributed by atoms with Gasteiger partial charge in [0.1, 0.15) is 0 Å². The molecular formula is C19H20ClNO. The molecule has 3 heteroatoms. The highest BCUT2D eigenvalue weighted by atomic mass is 35.5. The summed E-state index contributed by atoms with van der Waals surface area (Å²) in [5, 5.41) is 0.754. The Bertz CT molecular complexity index is 655. The van der Waals surface area contributed by atoms with Crippen molar-refractivity contribution in [3.05, 3.63) is 70.7 Å². The number of likely N-dealkylation sites (tertiary alicyclic amines) is 1. The van der Waals surface area contributed by atoms with Gasteiger partial charge in [-0.15, -0.1) is 0 Å². The van der Waals surface area contributed by atoms with Crippen LogP contribution in [0.1, 0.15) is 30.5 Å². The van der Waals surface area contributed by atoms with Crippen molar-refractivity contribution in [3.63, 3.8) is 0 Å². The first-order valence-electron chi connectivity index (χ1n) is 7.75. The molecule has 0 aliphatic carbocycles. The second-order valence-corrected chi connectivity index (χ2v) is 6.31. The maximum atomic E-state index is 12.7. The fraction of sp³-hybridized carbons (Fsp3) is 0.316. The number of hydrogen-bond acceptors (Lipinski definition) is 1. The fourth-order valence-corrected chi connectivity index (χ4v) is 3.39. The molecule has 2 aromatic rings. The SMILES string of the molecule is C[C@@H](c1ccccc1)N1CC[C@@H](Cc2ccccc2Cl)C1=O. The fourth-order valence-electron chi connectivity index (χ4n) is 3.18. The largest absolute Gasteiger partial charge is 0.336 e. The second kappa shape index (κ2) is 6.53. The van der Waals surface area contributed by atoms with Crippen LogP contribution in [0.25, 0.3) is 0 Å². The third-order valence-corrected chi connectivity index (χ3v) is 4.89. The zero-order chi connectivity index (χ0) is 15.5. The average molecular weight is 314 g/mol. The summed E-state index contributed by atoms with van der Waals surface area (Å²) < 4.78 is 0. The highest BCUT2D eigenvalue weighted by Crippen LogP contribution is 2.31. The lowest BCUT2D eigenvalue weighted by molar-refractivity contribution is -0.132. The number of hydrogen-bond donors (Lipinski definition) is 0. The van der Waals surface area contributed by atoms with E-state index >= 15 is 0 Å². The van der Waals surface area contributed by atoms with E-state index in [0.717, 1.165) is 30.0 Å². The lowest BCUT2D eigenvalue weighted by atomic mass is 9.98. The summed E-state index contributed by atoms with van der Waals surface area (Å²) in [6.07, 6.45) is 1.64. The van der Waals surface area contributed by atoms with Gasteiger partial charge in [0, 0.05) is 17.5 Å². The molecule has 0 N–H and O–H groups in total. The van der Waals surface area contributed by atoms with Gasteiger partial charge in [0.2, 0.25) is 5.91 Å². The molecule has 1 aliphatic heterocycles. The van der Waals surface area contributed by atoms with Crippen LogP contribution < -0.4 is 0 Å². The molecule has 0 bridgehead atoms. The van der Waals surface area contributed by atoms with Crippen LogP contribution >= 0.6 is 11.6 Å². The van der Waals surface area contributed by atoms with Crippen LogP contribution in [0.3, 0.4) is 0 Å². The Balaban J connectivity index is 1.71. The number of benzene rings is 2. The van der Waals surface area contributed by atoms with E-state index in [1.807, 2.05) is 47.4 Å². The minimum absolute atomic E-state index is 0.0473. The third kappa shape index (κ3) is 3.02. The van der Waals surface area contributed by atoms with Gasteiger partial charge in [0.15, 0.2) is 0 Å². The lowest BCUT2D eigenvalue weighted by Gasteiger charge is -2.25. The molecule has 0 radical (unpaired) electrons. The Hall–Kier alpha value is -1.80. The first-order chi connectivity index (χ1) is 10.7. The van der Waals surface area contributed by atoms with Gasteiger partial charge in [-0.25, -0.2) is 0 Å². The Morgan fingerprint density at radius 3 is 2.55 bits per heavy atom. The molecule has 0 spiro atoms. The van der Waals surface area contributed by atoms with Gasteiger partial charge in [0.05, 0.1) is 6.04 Å². The summed E-state index contributed by atoms with van der Waals surface area (Å²) in [4.78, 5) is 14.7. The van der Waals surface area contributed by atoms with E-state index < -0.39 is 0 Å². The number of halogens is 1. The van der Waals surface area contributed by atoms with Crippen molar-refractivity contribution >= 4 is 17.5 Å². The second-order valence-electron chi connectivity index (χ2n) is 5.90. The number of rotatable bonds is 4. The normalized spacial score (nSPS) is 19.5. The van der Waals surface area contributed by atoms with Crippen LogP contribution in [0, 0.1) is 5.92 Å². The van der Waals surface area contributed by atoms with Gasteiger partial charge in [-0.2, -0.15) is 0 Å². The predicted octanol–water partition coefficient (Wildman–Crippen LogP) is 4.49. The van der Waals surface area contributed by atoms with E-state index in [0.29, 0.717) is 0 Å². The summed E-state index contributed by atoms with van der Waals surface area (Å²) >= 11 is 6.22. The summed E-state index contributed by atoms with van der Waals surface area (Å²) in [5.74, 6) is 0.294. The maximum absolute atomic E-state index is 12.7. The van der Waals surface area contributed by atoms with Gasteiger partial charge >= 0.3 is 0 Å². The quantitative estimate of drug-likeness (QED) is 0.814.